The van der Waals surface area contributed by atoms with Crippen LogP contribution in [0.25, 0.3) is 0 Å². The molecule has 1 heterocycles. The molecule has 1 unspecified atom stereocenters. The number of aromatic nitrogens is 3. The van der Waals surface area contributed by atoms with E-state index in [0.717, 1.165) is 5.56 Å². The lowest BCUT2D eigenvalue weighted by molar-refractivity contribution is -0.122. The van der Waals surface area contributed by atoms with Crippen molar-refractivity contribution in [1.82, 2.24) is 20.1 Å². The SMILES string of the molecule is CCOCCNC(=O)Cn1nc(Cc2ccc(OC)c(OC)c2)nc1C(C)N. The molecule has 0 radical (unpaired) electrons. The second-order valence-corrected chi connectivity index (χ2v) is 6.25. The van der Waals surface area contributed by atoms with Gasteiger partial charge in [-0.15, -0.1) is 0 Å². The van der Waals surface area contributed by atoms with Gasteiger partial charge in [-0.25, -0.2) is 9.67 Å². The van der Waals surface area contributed by atoms with Gasteiger partial charge in [-0.2, -0.15) is 5.10 Å². The van der Waals surface area contributed by atoms with E-state index in [1.165, 1.54) is 0 Å². The van der Waals surface area contributed by atoms with Crippen molar-refractivity contribution in [3.8, 4) is 11.5 Å². The molecule has 0 fully saturated rings. The van der Waals surface area contributed by atoms with Gasteiger partial charge in [-0.3, -0.25) is 4.79 Å². The summed E-state index contributed by atoms with van der Waals surface area (Å²) in [4.78, 5) is 16.7. The molecule has 0 saturated heterocycles. The lowest BCUT2D eigenvalue weighted by Gasteiger charge is -2.09. The number of hydrogen-bond donors (Lipinski definition) is 2. The number of ether oxygens (including phenoxy) is 3. The Morgan fingerprint density at radius 2 is 2.04 bits per heavy atom. The molecule has 0 saturated carbocycles. The molecule has 0 spiro atoms. The van der Waals surface area contributed by atoms with Crippen LogP contribution in [0.15, 0.2) is 18.2 Å². The third kappa shape index (κ3) is 5.93. The number of benzene rings is 1. The highest BCUT2D eigenvalue weighted by Crippen LogP contribution is 2.28. The largest absolute Gasteiger partial charge is 0.493 e. The Morgan fingerprint density at radius 1 is 1.29 bits per heavy atom. The van der Waals surface area contributed by atoms with Crippen LogP contribution in [-0.2, 0) is 22.5 Å². The number of rotatable bonds is 11. The van der Waals surface area contributed by atoms with E-state index in [2.05, 4.69) is 15.4 Å². The highest BCUT2D eigenvalue weighted by Gasteiger charge is 2.17. The zero-order chi connectivity index (χ0) is 20.5. The molecule has 9 heteroatoms. The first kappa shape index (κ1) is 21.6. The first-order valence-corrected chi connectivity index (χ1v) is 9.23. The van der Waals surface area contributed by atoms with Crippen molar-refractivity contribution in [3.63, 3.8) is 0 Å². The molecule has 1 atom stereocenters. The van der Waals surface area contributed by atoms with E-state index < -0.39 is 0 Å². The summed E-state index contributed by atoms with van der Waals surface area (Å²) in [6, 6.07) is 5.30. The molecule has 1 amide bonds. The zero-order valence-electron chi connectivity index (χ0n) is 16.9. The van der Waals surface area contributed by atoms with E-state index in [9.17, 15) is 4.79 Å². The van der Waals surface area contributed by atoms with Crippen LogP contribution in [0.1, 0.15) is 37.1 Å². The zero-order valence-corrected chi connectivity index (χ0v) is 16.9. The van der Waals surface area contributed by atoms with E-state index in [4.69, 9.17) is 19.9 Å². The summed E-state index contributed by atoms with van der Waals surface area (Å²) in [5, 5.41) is 7.27. The number of carbonyl (C=O) groups excluding carboxylic acids is 1. The van der Waals surface area contributed by atoms with Crippen LogP contribution in [-0.4, -0.2) is 54.6 Å². The normalized spacial score (nSPS) is 11.9. The molecule has 0 bridgehead atoms. The average molecular weight is 391 g/mol. The number of carbonyl (C=O) groups is 1. The number of hydrogen-bond acceptors (Lipinski definition) is 7. The predicted octanol–water partition coefficient (Wildman–Crippen LogP) is 1.06. The molecule has 2 rings (SSSR count). The minimum absolute atomic E-state index is 0.0575. The molecule has 0 aliphatic heterocycles. The van der Waals surface area contributed by atoms with Crippen molar-refractivity contribution in [2.24, 2.45) is 5.73 Å². The Labute approximate surface area is 165 Å². The van der Waals surface area contributed by atoms with Crippen molar-refractivity contribution >= 4 is 5.91 Å². The van der Waals surface area contributed by atoms with Gasteiger partial charge in [-0.05, 0) is 31.5 Å². The molecular formula is C19H29N5O4. The lowest BCUT2D eigenvalue weighted by atomic mass is 10.1. The second kappa shape index (κ2) is 10.6. The van der Waals surface area contributed by atoms with Crippen molar-refractivity contribution in [2.75, 3.05) is 34.0 Å². The van der Waals surface area contributed by atoms with Crippen LogP contribution in [0.4, 0.5) is 0 Å². The number of amides is 1. The van der Waals surface area contributed by atoms with Crippen LogP contribution in [0.2, 0.25) is 0 Å². The molecular weight excluding hydrogens is 362 g/mol. The second-order valence-electron chi connectivity index (χ2n) is 6.25. The molecule has 28 heavy (non-hydrogen) atoms. The lowest BCUT2D eigenvalue weighted by Crippen LogP contribution is -2.32. The van der Waals surface area contributed by atoms with Crippen molar-refractivity contribution in [3.05, 3.63) is 35.4 Å². The van der Waals surface area contributed by atoms with Crippen LogP contribution < -0.4 is 20.5 Å². The van der Waals surface area contributed by atoms with Crippen LogP contribution in [0.5, 0.6) is 11.5 Å². The van der Waals surface area contributed by atoms with Crippen molar-refractivity contribution < 1.29 is 19.0 Å². The fourth-order valence-corrected chi connectivity index (χ4v) is 2.70. The van der Waals surface area contributed by atoms with E-state index in [0.29, 0.717) is 49.3 Å². The molecule has 0 aliphatic rings. The minimum atomic E-state index is -0.345. The summed E-state index contributed by atoms with van der Waals surface area (Å²) in [6.07, 6.45) is 0.485. The van der Waals surface area contributed by atoms with Crippen LogP contribution in [0, 0.1) is 0 Å². The molecule has 1 aromatic heterocycles. The quantitative estimate of drug-likeness (QED) is 0.551. The maximum absolute atomic E-state index is 12.1. The monoisotopic (exact) mass is 391 g/mol. The third-order valence-corrected chi connectivity index (χ3v) is 4.03. The molecule has 9 nitrogen and oxygen atoms in total. The maximum Gasteiger partial charge on any atom is 0.241 e. The summed E-state index contributed by atoms with van der Waals surface area (Å²) in [6.45, 7) is 5.33. The smallest absolute Gasteiger partial charge is 0.241 e. The Kier molecular flexibility index (Phi) is 8.21. The molecule has 154 valence electrons. The first-order chi connectivity index (χ1) is 13.5. The van der Waals surface area contributed by atoms with Crippen molar-refractivity contribution in [2.45, 2.75) is 32.9 Å². The van der Waals surface area contributed by atoms with Gasteiger partial charge in [-0.1, -0.05) is 6.07 Å². The summed E-state index contributed by atoms with van der Waals surface area (Å²) < 4.78 is 17.4. The van der Waals surface area contributed by atoms with Crippen LogP contribution in [0.3, 0.4) is 0 Å². The first-order valence-electron chi connectivity index (χ1n) is 9.23. The van der Waals surface area contributed by atoms with Gasteiger partial charge >= 0.3 is 0 Å². The highest BCUT2D eigenvalue weighted by molar-refractivity contribution is 5.75. The summed E-state index contributed by atoms with van der Waals surface area (Å²) in [5.41, 5.74) is 6.97. The third-order valence-electron chi connectivity index (χ3n) is 4.03. The van der Waals surface area contributed by atoms with Gasteiger partial charge in [0.05, 0.1) is 26.9 Å². The topological polar surface area (TPSA) is 114 Å². The minimum Gasteiger partial charge on any atom is -0.493 e. The summed E-state index contributed by atoms with van der Waals surface area (Å²) in [5.74, 6) is 2.28. The van der Waals surface area contributed by atoms with Gasteiger partial charge in [0.25, 0.3) is 0 Å². The fourth-order valence-electron chi connectivity index (χ4n) is 2.70. The number of methoxy groups -OCH3 is 2. The van der Waals surface area contributed by atoms with E-state index in [1.54, 1.807) is 18.9 Å². The van der Waals surface area contributed by atoms with Gasteiger partial charge < -0.3 is 25.3 Å². The standard InChI is InChI=1S/C19H29N5O4/c1-5-28-9-8-21-18(25)12-24-19(13(2)20)22-17(23-24)11-14-6-7-15(26-3)16(10-14)27-4/h6-7,10,13H,5,8-9,11-12,20H2,1-4H3,(H,21,25). The maximum atomic E-state index is 12.1. The summed E-state index contributed by atoms with van der Waals surface area (Å²) >= 11 is 0. The molecule has 1 aromatic carbocycles. The number of nitrogens with two attached hydrogens (primary N) is 1. The average Bonchev–Trinajstić information content (AvgIpc) is 3.07. The Hall–Kier alpha value is -2.65. The Morgan fingerprint density at radius 3 is 2.68 bits per heavy atom. The van der Waals surface area contributed by atoms with Gasteiger partial charge in [0.2, 0.25) is 5.91 Å². The van der Waals surface area contributed by atoms with Gasteiger partial charge in [0, 0.05) is 19.6 Å². The summed E-state index contributed by atoms with van der Waals surface area (Å²) in [7, 11) is 3.18. The fraction of sp³-hybridized carbons (Fsp3) is 0.526. The van der Waals surface area contributed by atoms with Crippen LogP contribution >= 0.6 is 0 Å². The number of nitrogens with zero attached hydrogens (tertiary/aromatic N) is 3. The highest BCUT2D eigenvalue weighted by atomic mass is 16.5. The van der Waals surface area contributed by atoms with Gasteiger partial charge in [0.15, 0.2) is 17.3 Å². The molecule has 2 aromatic rings. The molecule has 0 aliphatic carbocycles. The van der Waals surface area contributed by atoms with Gasteiger partial charge in [0.1, 0.15) is 12.4 Å². The van der Waals surface area contributed by atoms with E-state index >= 15 is 0 Å². The Bertz CT molecular complexity index is 776. The number of nitrogens with one attached hydrogen (secondary N) is 1. The predicted molar refractivity (Wildman–Crippen MR) is 104 cm³/mol. The Balaban J connectivity index is 2.10. The van der Waals surface area contributed by atoms with E-state index in [1.807, 2.05) is 32.0 Å². The molecule has 3 N–H and O–H groups in total. The van der Waals surface area contributed by atoms with Crippen molar-refractivity contribution in [1.29, 1.82) is 0 Å². The van der Waals surface area contributed by atoms with E-state index in [-0.39, 0.29) is 18.5 Å².